The van der Waals surface area contributed by atoms with Gasteiger partial charge in [-0.25, -0.2) is 10.1 Å². The number of amides is 2. The van der Waals surface area contributed by atoms with Crippen molar-refractivity contribution < 1.29 is 9.59 Å². The lowest BCUT2D eigenvalue weighted by Gasteiger charge is -2.04. The molecule has 3 aromatic rings. The third-order valence-corrected chi connectivity index (χ3v) is 4.19. The molecule has 0 radical (unpaired) electrons. The second kappa shape index (κ2) is 9.32. The van der Waals surface area contributed by atoms with Gasteiger partial charge in [0.05, 0.1) is 17.5 Å². The zero-order valence-electron chi connectivity index (χ0n) is 15.9. The van der Waals surface area contributed by atoms with Crippen LogP contribution in [0.4, 0.5) is 0 Å². The Hall–Kier alpha value is -3.94. The fourth-order valence-corrected chi connectivity index (χ4v) is 2.68. The quantitative estimate of drug-likeness (QED) is 0.422. The summed E-state index contributed by atoms with van der Waals surface area (Å²) in [5.74, 6) is -0.613. The highest BCUT2D eigenvalue weighted by molar-refractivity contribution is 5.94. The molecule has 3 rings (SSSR count). The minimum Gasteiger partial charge on any atom is -0.352 e. The van der Waals surface area contributed by atoms with Crippen molar-refractivity contribution in [2.24, 2.45) is 5.10 Å². The Bertz CT molecular complexity index is 1070. The Balaban J connectivity index is 1.52. The van der Waals surface area contributed by atoms with Crippen LogP contribution in [0.3, 0.4) is 0 Å². The van der Waals surface area contributed by atoms with E-state index in [1.165, 1.54) is 10.9 Å². The summed E-state index contributed by atoms with van der Waals surface area (Å²) in [6.45, 7) is 1.93. The minimum absolute atomic E-state index is 0.0658. The third kappa shape index (κ3) is 5.07. The molecule has 148 valence electrons. The lowest BCUT2D eigenvalue weighted by Crippen LogP contribution is -2.29. The molecule has 0 spiro atoms. The molecule has 0 saturated heterocycles. The first-order valence-corrected chi connectivity index (χ1v) is 9.08. The van der Waals surface area contributed by atoms with Crippen LogP contribution < -0.4 is 16.3 Å². The molecule has 0 aliphatic heterocycles. The van der Waals surface area contributed by atoms with Gasteiger partial charge in [0, 0.05) is 24.2 Å². The van der Waals surface area contributed by atoms with Crippen molar-refractivity contribution in [2.75, 3.05) is 6.54 Å². The van der Waals surface area contributed by atoms with Crippen molar-refractivity contribution in [3.63, 3.8) is 0 Å². The second-order valence-corrected chi connectivity index (χ2v) is 6.29. The number of aryl methyl sites for hydroxylation is 1. The number of carbonyl (C=O) groups is 2. The van der Waals surface area contributed by atoms with Gasteiger partial charge in [-0.2, -0.15) is 5.10 Å². The van der Waals surface area contributed by atoms with Crippen LogP contribution in [0.15, 0.2) is 70.6 Å². The maximum atomic E-state index is 12.5. The zero-order valence-corrected chi connectivity index (χ0v) is 15.9. The summed E-state index contributed by atoms with van der Waals surface area (Å²) in [6.07, 6.45) is 1.38. The summed E-state index contributed by atoms with van der Waals surface area (Å²) in [5, 5.41) is 9.51. The van der Waals surface area contributed by atoms with Gasteiger partial charge in [-0.05, 0) is 31.2 Å². The zero-order chi connectivity index (χ0) is 20.6. The van der Waals surface area contributed by atoms with Crippen LogP contribution in [0, 0.1) is 6.92 Å². The van der Waals surface area contributed by atoms with Gasteiger partial charge >= 0.3 is 0 Å². The van der Waals surface area contributed by atoms with Crippen LogP contribution in [-0.2, 0) is 4.79 Å². The monoisotopic (exact) mass is 391 g/mol. The van der Waals surface area contributed by atoms with Crippen LogP contribution in [-0.4, -0.2) is 34.4 Å². The van der Waals surface area contributed by atoms with Crippen molar-refractivity contribution in [3.05, 3.63) is 87.8 Å². The highest BCUT2D eigenvalue weighted by atomic mass is 16.2. The normalized spacial score (nSPS) is 10.8. The number of para-hydroxylation sites is 1. The smallest absolute Gasteiger partial charge is 0.280 e. The van der Waals surface area contributed by atoms with E-state index in [2.05, 4.69) is 20.9 Å². The number of hydrogen-bond acceptors (Lipinski definition) is 4. The Morgan fingerprint density at radius 2 is 1.72 bits per heavy atom. The van der Waals surface area contributed by atoms with Gasteiger partial charge in [-0.1, -0.05) is 36.4 Å². The topological polar surface area (TPSA) is 108 Å². The summed E-state index contributed by atoms with van der Waals surface area (Å²) in [5.41, 5.74) is 4.33. The van der Waals surface area contributed by atoms with E-state index in [1.807, 2.05) is 36.4 Å². The first-order chi connectivity index (χ1) is 14.1. The number of H-pyrrole nitrogens is 1. The van der Waals surface area contributed by atoms with Crippen LogP contribution in [0.2, 0.25) is 0 Å². The van der Waals surface area contributed by atoms with E-state index in [0.717, 1.165) is 0 Å². The number of aromatic amines is 1. The molecule has 0 saturated carbocycles. The molecule has 0 aliphatic rings. The highest BCUT2D eigenvalue weighted by Crippen LogP contribution is 2.05. The first kappa shape index (κ1) is 19.8. The fourth-order valence-electron chi connectivity index (χ4n) is 2.68. The summed E-state index contributed by atoms with van der Waals surface area (Å²) < 4.78 is 1.41. The molecule has 0 bridgehead atoms. The molecular weight excluding hydrogens is 370 g/mol. The van der Waals surface area contributed by atoms with Crippen LogP contribution in [0.5, 0.6) is 0 Å². The average molecular weight is 391 g/mol. The van der Waals surface area contributed by atoms with E-state index in [1.54, 1.807) is 31.2 Å². The second-order valence-electron chi connectivity index (χ2n) is 6.29. The van der Waals surface area contributed by atoms with Gasteiger partial charge in [0.25, 0.3) is 11.5 Å². The predicted octanol–water partition coefficient (Wildman–Crippen LogP) is 1.74. The van der Waals surface area contributed by atoms with Gasteiger partial charge < -0.3 is 5.32 Å². The van der Waals surface area contributed by atoms with Gasteiger partial charge in [0.1, 0.15) is 0 Å². The van der Waals surface area contributed by atoms with E-state index in [4.69, 9.17) is 0 Å². The van der Waals surface area contributed by atoms with Crippen LogP contribution in [0.1, 0.15) is 28.0 Å². The van der Waals surface area contributed by atoms with Crippen molar-refractivity contribution in [1.82, 2.24) is 20.5 Å². The van der Waals surface area contributed by atoms with Gasteiger partial charge in [-0.3, -0.25) is 19.5 Å². The lowest BCUT2D eigenvalue weighted by molar-refractivity contribution is -0.120. The summed E-state index contributed by atoms with van der Waals surface area (Å²) in [4.78, 5) is 36.3. The molecule has 1 aromatic heterocycles. The molecule has 29 heavy (non-hydrogen) atoms. The molecule has 8 heteroatoms. The molecule has 0 fully saturated rings. The van der Waals surface area contributed by atoms with E-state index in [0.29, 0.717) is 22.5 Å². The Morgan fingerprint density at radius 3 is 2.41 bits per heavy atom. The fraction of sp³-hybridized carbons (Fsp3) is 0.143. The molecular formula is C21H21N5O3. The number of hydrogen-bond donors (Lipinski definition) is 3. The predicted molar refractivity (Wildman–Crippen MR) is 110 cm³/mol. The largest absolute Gasteiger partial charge is 0.352 e. The maximum absolute atomic E-state index is 12.5. The number of aromatic nitrogens is 2. The molecule has 0 atom stereocenters. The van der Waals surface area contributed by atoms with E-state index >= 15 is 0 Å². The first-order valence-electron chi connectivity index (χ1n) is 9.08. The number of nitrogens with zero attached hydrogens (tertiary/aromatic N) is 2. The number of hydrazone groups is 1. The molecule has 0 aliphatic carbocycles. The number of carbonyl (C=O) groups excluding carboxylic acids is 2. The van der Waals surface area contributed by atoms with Crippen LogP contribution in [0.25, 0.3) is 5.69 Å². The Labute approximate surface area is 167 Å². The molecule has 0 unspecified atom stereocenters. The third-order valence-electron chi connectivity index (χ3n) is 4.19. The summed E-state index contributed by atoms with van der Waals surface area (Å²) in [7, 11) is 0. The van der Waals surface area contributed by atoms with E-state index in [-0.39, 0.29) is 30.3 Å². The molecule has 2 amide bonds. The van der Waals surface area contributed by atoms with Crippen molar-refractivity contribution >= 4 is 18.0 Å². The standard InChI is InChI=1S/C21H21N5O3/c1-15-18(21(29)26(25-15)17-10-6-3-7-11-17)14-23-24-19(27)12-13-22-20(28)16-8-4-2-5-9-16/h2-11,14,25H,12-13H2,1H3,(H,22,28)(H,24,27)/b23-14-. The van der Waals surface area contributed by atoms with Gasteiger partial charge in [0.2, 0.25) is 5.91 Å². The number of nitrogens with one attached hydrogen (secondary N) is 3. The molecule has 8 nitrogen and oxygen atoms in total. The van der Waals surface area contributed by atoms with Gasteiger partial charge in [0.15, 0.2) is 0 Å². The molecule has 2 aromatic carbocycles. The molecule has 3 N–H and O–H groups in total. The number of benzene rings is 2. The number of rotatable bonds is 7. The van der Waals surface area contributed by atoms with Gasteiger partial charge in [-0.15, -0.1) is 0 Å². The summed E-state index contributed by atoms with van der Waals surface area (Å²) in [6, 6.07) is 17.9. The average Bonchev–Trinajstić information content (AvgIpc) is 3.03. The van der Waals surface area contributed by atoms with E-state index < -0.39 is 0 Å². The van der Waals surface area contributed by atoms with E-state index in [9.17, 15) is 14.4 Å². The Kier molecular flexibility index (Phi) is 6.36. The van der Waals surface area contributed by atoms with Crippen LogP contribution >= 0.6 is 0 Å². The Morgan fingerprint density at radius 1 is 1.07 bits per heavy atom. The minimum atomic E-state index is -0.369. The van der Waals surface area contributed by atoms with Crippen molar-refractivity contribution in [2.45, 2.75) is 13.3 Å². The maximum Gasteiger partial charge on any atom is 0.280 e. The van der Waals surface area contributed by atoms with Crippen molar-refractivity contribution in [1.29, 1.82) is 0 Å². The lowest BCUT2D eigenvalue weighted by atomic mass is 10.2. The molecule has 1 heterocycles. The SMILES string of the molecule is Cc1[nH]n(-c2ccccc2)c(=O)c1/C=N\NC(=O)CCNC(=O)c1ccccc1. The summed E-state index contributed by atoms with van der Waals surface area (Å²) >= 11 is 0. The van der Waals surface area contributed by atoms with Crippen molar-refractivity contribution in [3.8, 4) is 5.69 Å². The highest BCUT2D eigenvalue weighted by Gasteiger charge is 2.10.